The number of aromatic amines is 4. The maximum absolute atomic E-state index is 12.8. The minimum Gasteiger partial charge on any atom is -0.483 e. The number of rotatable bonds is 28. The number of carboxylic acid groups (broad SMARTS) is 1. The summed E-state index contributed by atoms with van der Waals surface area (Å²) < 4.78 is 50.0. The summed E-state index contributed by atoms with van der Waals surface area (Å²) in [7, 11) is 6.49. The van der Waals surface area contributed by atoms with Crippen molar-refractivity contribution in [2.24, 2.45) is 0 Å². The molecule has 0 saturated heterocycles. The van der Waals surface area contributed by atoms with Gasteiger partial charge in [-0.2, -0.15) is 40.8 Å². The summed E-state index contributed by atoms with van der Waals surface area (Å²) in [5.41, 5.74) is 12.1. The van der Waals surface area contributed by atoms with Gasteiger partial charge in [-0.3, -0.25) is 78.0 Å². The molecular weight excluding hydrogens is 1520 g/mol. The fourth-order valence-corrected chi connectivity index (χ4v) is 11.3. The van der Waals surface area contributed by atoms with Gasteiger partial charge >= 0.3 is 0 Å². The monoisotopic (exact) mass is 1600 g/mol. The second-order valence-corrected chi connectivity index (χ2v) is 25.1. The first-order chi connectivity index (χ1) is 57.6. The lowest BCUT2D eigenvalue weighted by molar-refractivity contribution is -0.122. The average Bonchev–Trinajstić information content (AvgIpc) is 1.67. The quantitative estimate of drug-likeness (QED) is 0.0206. The molecule has 16 rings (SSSR count). The number of pyridine rings is 3. The number of aryl methyl sites for hydroxylation is 3. The molecule has 9 N–H and O–H groups in total. The lowest BCUT2D eigenvalue weighted by Gasteiger charge is -2.03. The van der Waals surface area contributed by atoms with E-state index in [1.54, 1.807) is 189 Å². The van der Waals surface area contributed by atoms with Gasteiger partial charge < -0.3 is 63.0 Å². The van der Waals surface area contributed by atoms with E-state index in [9.17, 15) is 19.2 Å². The van der Waals surface area contributed by atoms with Gasteiger partial charge in [0, 0.05) is 107 Å². The Bertz CT molecular complexity index is 5450. The number of carbonyl (C=O) groups is 5. The van der Waals surface area contributed by atoms with Crippen molar-refractivity contribution in [1.29, 1.82) is 0 Å². The number of methoxy groups -OCH3 is 4. The number of hydrogen-bond donors (Lipinski definition) is 9. The maximum Gasteiger partial charge on any atom is 0.291 e. The van der Waals surface area contributed by atoms with E-state index >= 15 is 0 Å². The van der Waals surface area contributed by atoms with Crippen molar-refractivity contribution in [1.82, 2.24) is 105 Å². The van der Waals surface area contributed by atoms with Crippen LogP contribution in [0, 0.1) is 20.8 Å². The van der Waals surface area contributed by atoms with Crippen LogP contribution in [0.3, 0.4) is 0 Å². The van der Waals surface area contributed by atoms with E-state index in [4.69, 9.17) is 46.5 Å². The Kier molecular flexibility index (Phi) is 28.0. The molecule has 0 spiro atoms. The number of aromatic nitrogens is 21. The number of anilines is 4. The Hall–Kier alpha value is -15.5. The van der Waals surface area contributed by atoms with Crippen molar-refractivity contribution in [2.45, 2.75) is 47.0 Å². The number of nitrogens with one attached hydrogen (secondary N) is 8. The van der Waals surface area contributed by atoms with Gasteiger partial charge in [-0.25, -0.2) is 9.97 Å². The maximum atomic E-state index is 12.8. The fraction of sp³-hybridized carbons (Fsp3) is 0.190. The van der Waals surface area contributed by atoms with Gasteiger partial charge in [-0.15, -0.1) is 0 Å². The number of H-pyrrole nitrogens is 4. The highest BCUT2D eigenvalue weighted by Gasteiger charge is 2.25. The average molecular weight is 1600 g/mol. The zero-order chi connectivity index (χ0) is 82.7. The topological polar surface area (TPSA) is 494 Å². The number of ether oxygens (including phenoxy) is 4. The van der Waals surface area contributed by atoms with E-state index in [2.05, 4.69) is 107 Å². The summed E-state index contributed by atoms with van der Waals surface area (Å²) >= 11 is 0. The highest BCUT2D eigenvalue weighted by atomic mass is 16.5. The SMILES string of the molecule is COCCn1cc(NC(=O)c2ccc(-c3cn[nH]c3)o2)c(-c2ccccn2)n1.COCCn1cc(NC(=O)c2ccc(-c3cn[nH]c3C)o2)c(-c2ccccn2)n1.COCCn1cc(NC(=O)c2ccc(-c3cn[nH]c3C)o2)c(-c2ccccn2)n1.COCCn1cc(NC(=O)c2ccc(-c3cn[nH]c3C)o2)c(-c2ncccn2)n1.O=CO. The first-order valence-corrected chi connectivity index (χ1v) is 36.1. The summed E-state index contributed by atoms with van der Waals surface area (Å²) in [6.45, 7) is 9.58. The van der Waals surface area contributed by atoms with Crippen LogP contribution in [0.4, 0.5) is 22.7 Å². The number of nitrogens with zero attached hydrogens (tertiary/aromatic N) is 17. The van der Waals surface area contributed by atoms with E-state index in [1.165, 1.54) is 0 Å². The second kappa shape index (κ2) is 40.3. The molecule has 0 aliphatic rings. The Morgan fingerprint density at radius 3 is 0.992 bits per heavy atom. The van der Waals surface area contributed by atoms with Crippen LogP contribution >= 0.6 is 0 Å². The van der Waals surface area contributed by atoms with Crippen LogP contribution in [0.25, 0.3) is 91.0 Å². The minimum atomic E-state index is -0.402. The van der Waals surface area contributed by atoms with E-state index in [1.807, 2.05) is 75.4 Å². The van der Waals surface area contributed by atoms with Crippen LogP contribution < -0.4 is 21.3 Å². The van der Waals surface area contributed by atoms with Crippen molar-refractivity contribution < 1.29 is 65.7 Å². The number of hydrogen-bond acceptors (Lipinski definition) is 26. The summed E-state index contributed by atoms with van der Waals surface area (Å²) in [5.74, 6) is 1.88. The first-order valence-electron chi connectivity index (χ1n) is 36.1. The molecule has 0 unspecified atom stereocenters. The standard InChI is InChI=1S/2C20H20N6O3.C19H19N7O3.C19H18N6O3.CH2O2/c2*1-13-14(11-22-24-13)17-6-7-18(29-17)20(27)23-16-12-26(9-10-28-2)25-19(16)15-5-3-4-8-21-15;1-12-13(10-22-24-12)15-4-5-16(29-15)19(27)23-14-11-26(8-9-28-2)25-17(14)18-20-6-3-7-21-18;1-27-9-8-25-12-15(18(24-25)14-4-2-3-7-20-14)23-19(26)17-6-5-16(28-17)13-10-21-22-11-13;2-1-3/h2*3-8,11-12H,9-10H2,1-2H3,(H,22,24)(H,23,27);3-7,10-11H,8-9H2,1-2H3,(H,22,24)(H,23,27);2-7,10-12H,8-9H2,1H3,(H,21,22)(H,23,26);1H,(H,2,3). The number of carbonyl (C=O) groups excluding carboxylic acids is 4. The van der Waals surface area contributed by atoms with Gasteiger partial charge in [-0.1, -0.05) is 18.2 Å². The van der Waals surface area contributed by atoms with Crippen molar-refractivity contribution >= 4 is 52.9 Å². The van der Waals surface area contributed by atoms with Crippen LogP contribution in [0.15, 0.2) is 214 Å². The molecule has 0 aromatic carbocycles. The van der Waals surface area contributed by atoms with Gasteiger partial charge in [0.1, 0.15) is 40.1 Å². The van der Waals surface area contributed by atoms with Crippen molar-refractivity contribution in [3.63, 3.8) is 0 Å². The number of furan rings is 4. The van der Waals surface area contributed by atoms with Crippen LogP contribution in [-0.4, -0.2) is 195 Å². The van der Waals surface area contributed by atoms with Crippen LogP contribution in [0.1, 0.15) is 59.3 Å². The molecule has 39 nitrogen and oxygen atoms in total. The van der Waals surface area contributed by atoms with Crippen molar-refractivity contribution in [3.05, 3.63) is 236 Å². The third kappa shape index (κ3) is 21.0. The van der Waals surface area contributed by atoms with Gasteiger partial charge in [0.05, 0.1) is 139 Å². The molecule has 0 aliphatic carbocycles. The predicted octanol–water partition coefficient (Wildman–Crippen LogP) is 11.3. The van der Waals surface area contributed by atoms with Gasteiger partial charge in [0.2, 0.25) is 0 Å². The van der Waals surface area contributed by atoms with E-state index in [0.717, 1.165) is 39.3 Å². The molecule has 0 aliphatic heterocycles. The highest BCUT2D eigenvalue weighted by molar-refractivity contribution is 6.07. The molecule has 0 bridgehead atoms. The molecule has 39 heteroatoms. The lowest BCUT2D eigenvalue weighted by atomic mass is 10.2. The third-order valence-electron chi connectivity index (χ3n) is 17.0. The molecule has 0 saturated carbocycles. The second-order valence-electron chi connectivity index (χ2n) is 25.1. The Labute approximate surface area is 670 Å². The highest BCUT2D eigenvalue weighted by Crippen LogP contribution is 2.33. The van der Waals surface area contributed by atoms with E-state index in [0.29, 0.717) is 144 Å². The normalized spacial score (nSPS) is 10.8. The van der Waals surface area contributed by atoms with Gasteiger partial charge in [0.25, 0.3) is 30.1 Å². The first kappa shape index (κ1) is 82.0. The Morgan fingerprint density at radius 1 is 0.398 bits per heavy atom. The predicted molar refractivity (Wildman–Crippen MR) is 427 cm³/mol. The lowest BCUT2D eigenvalue weighted by Crippen LogP contribution is -2.11. The van der Waals surface area contributed by atoms with Crippen LogP contribution in [-0.2, 0) is 49.9 Å². The molecule has 16 aromatic rings. The van der Waals surface area contributed by atoms with Gasteiger partial charge in [0.15, 0.2) is 34.6 Å². The van der Waals surface area contributed by atoms with Crippen molar-refractivity contribution in [3.8, 4) is 91.0 Å². The zero-order valence-corrected chi connectivity index (χ0v) is 64.6. The largest absolute Gasteiger partial charge is 0.483 e. The molecule has 16 heterocycles. The van der Waals surface area contributed by atoms with Crippen LogP contribution in [0.2, 0.25) is 0 Å². The molecule has 0 radical (unpaired) electrons. The summed E-state index contributed by atoms with van der Waals surface area (Å²) in [4.78, 5) is 80.8. The van der Waals surface area contributed by atoms with E-state index < -0.39 is 5.91 Å². The summed E-state index contributed by atoms with van der Waals surface area (Å²) in [6.07, 6.45) is 23.6. The third-order valence-corrected chi connectivity index (χ3v) is 17.0. The summed E-state index contributed by atoms with van der Waals surface area (Å²) in [6, 6.07) is 31.7. The molecule has 0 atom stereocenters. The number of amides is 4. The van der Waals surface area contributed by atoms with Crippen molar-refractivity contribution in [2.75, 3.05) is 76.1 Å². The summed E-state index contributed by atoms with van der Waals surface area (Å²) in [5, 5.41) is 63.5. The van der Waals surface area contributed by atoms with Gasteiger partial charge in [-0.05, 0) is 112 Å². The molecule has 0 fully saturated rings. The molecule has 118 heavy (non-hydrogen) atoms. The zero-order valence-electron chi connectivity index (χ0n) is 64.6. The van der Waals surface area contributed by atoms with E-state index in [-0.39, 0.29) is 47.2 Å². The fourth-order valence-electron chi connectivity index (χ4n) is 11.3. The molecule has 604 valence electrons. The molecular formula is C79H79N25O14. The molecule has 16 aromatic heterocycles. The Balaban J connectivity index is 0.000000143. The minimum absolute atomic E-state index is 0.171. The smallest absolute Gasteiger partial charge is 0.291 e. The van der Waals surface area contributed by atoms with Crippen LogP contribution in [0.5, 0.6) is 0 Å². The Morgan fingerprint density at radius 2 is 0.703 bits per heavy atom. The molecule has 4 amide bonds.